The Hall–Kier alpha value is -1.89. The van der Waals surface area contributed by atoms with Crippen LogP contribution in [0.1, 0.15) is 10.4 Å². The fourth-order valence-electron chi connectivity index (χ4n) is 2.12. The minimum absolute atomic E-state index is 0.355. The van der Waals surface area contributed by atoms with Gasteiger partial charge in [-0.15, -0.1) is 0 Å². The Bertz CT molecular complexity index is 781. The van der Waals surface area contributed by atoms with E-state index in [4.69, 9.17) is 4.74 Å². The monoisotopic (exact) mass is 378 g/mol. The normalized spacial score (nSPS) is 10.7. The fourth-order valence-corrected chi connectivity index (χ4v) is 2.93. The van der Waals surface area contributed by atoms with Crippen LogP contribution in [0.2, 0.25) is 0 Å². The minimum atomic E-state index is -0.355. The van der Waals surface area contributed by atoms with Gasteiger partial charge in [0.05, 0.1) is 18.4 Å². The molecule has 0 saturated heterocycles. The van der Waals surface area contributed by atoms with Gasteiger partial charge in [0, 0.05) is 11.8 Å². The Labute approximate surface area is 129 Å². The lowest BCUT2D eigenvalue weighted by Gasteiger charge is -2.04. The van der Waals surface area contributed by atoms with E-state index in [1.807, 2.05) is 40.9 Å². The van der Waals surface area contributed by atoms with Crippen molar-refractivity contribution in [3.05, 3.63) is 57.9 Å². The number of methoxy groups -OCH3 is 1. The van der Waals surface area contributed by atoms with E-state index in [1.165, 1.54) is 7.11 Å². The number of aromatic nitrogens is 2. The van der Waals surface area contributed by atoms with Crippen molar-refractivity contribution in [2.45, 2.75) is 0 Å². The zero-order valence-corrected chi connectivity index (χ0v) is 12.9. The molecule has 0 atom stereocenters. The van der Waals surface area contributed by atoms with Gasteiger partial charge in [0.1, 0.15) is 9.35 Å². The van der Waals surface area contributed by atoms with E-state index in [0.717, 1.165) is 20.6 Å². The minimum Gasteiger partial charge on any atom is -0.465 e. The lowest BCUT2D eigenvalue weighted by atomic mass is 10.2. The molecule has 0 unspecified atom stereocenters. The molecule has 3 rings (SSSR count). The number of halogens is 1. The molecule has 2 heterocycles. The van der Waals surface area contributed by atoms with Gasteiger partial charge in [-0.05, 0) is 34.7 Å². The van der Waals surface area contributed by atoms with E-state index >= 15 is 0 Å². The van der Waals surface area contributed by atoms with Crippen LogP contribution in [0.25, 0.3) is 16.9 Å². The number of carbonyl (C=O) groups excluding carboxylic acids is 1. The van der Waals surface area contributed by atoms with Gasteiger partial charge >= 0.3 is 5.97 Å². The summed E-state index contributed by atoms with van der Waals surface area (Å²) in [5, 5.41) is 0. The predicted octanol–water partition coefficient (Wildman–Crippen LogP) is 3.39. The zero-order valence-electron chi connectivity index (χ0n) is 10.7. The summed E-state index contributed by atoms with van der Waals surface area (Å²) < 4.78 is 7.60. The molecule has 0 aliphatic carbocycles. The molecule has 2 aromatic heterocycles. The largest absolute Gasteiger partial charge is 0.465 e. The summed E-state index contributed by atoms with van der Waals surface area (Å²) >= 11 is 2.21. The molecule has 0 aliphatic rings. The molecule has 5 heteroatoms. The van der Waals surface area contributed by atoms with E-state index in [1.54, 1.807) is 12.1 Å². The number of pyridine rings is 1. The van der Waals surface area contributed by atoms with Crippen molar-refractivity contribution in [2.24, 2.45) is 0 Å². The van der Waals surface area contributed by atoms with E-state index in [2.05, 4.69) is 27.6 Å². The number of ether oxygens (including phenoxy) is 1. The van der Waals surface area contributed by atoms with Gasteiger partial charge in [-0.25, -0.2) is 9.78 Å². The summed E-state index contributed by atoms with van der Waals surface area (Å²) in [6.07, 6.45) is 1.85. The standard InChI is InChI=1S/C15H11IN2O2/c1-20-15(19)11-7-8-18-12(9-11)17-14(16)13(18)10-5-3-2-4-6-10/h2-9H,1H3. The number of rotatable bonds is 2. The number of fused-ring (bicyclic) bond motifs is 1. The SMILES string of the molecule is COC(=O)c1ccn2c(-c3ccccc3)c(I)nc2c1. The summed E-state index contributed by atoms with van der Waals surface area (Å²) in [5.74, 6) is -0.355. The van der Waals surface area contributed by atoms with Crippen LogP contribution < -0.4 is 0 Å². The first kappa shape index (κ1) is 13.1. The van der Waals surface area contributed by atoms with Crippen LogP contribution in [0.5, 0.6) is 0 Å². The Kier molecular flexibility index (Phi) is 3.43. The Balaban J connectivity index is 2.20. The predicted molar refractivity (Wildman–Crippen MR) is 84.7 cm³/mol. The molecule has 0 spiro atoms. The molecule has 0 N–H and O–H groups in total. The number of carbonyl (C=O) groups is 1. The van der Waals surface area contributed by atoms with Crippen molar-refractivity contribution in [2.75, 3.05) is 7.11 Å². The van der Waals surface area contributed by atoms with Crippen molar-refractivity contribution in [1.82, 2.24) is 9.38 Å². The van der Waals surface area contributed by atoms with Crippen LogP contribution in [-0.2, 0) is 4.74 Å². The third-order valence-corrected chi connectivity index (χ3v) is 3.80. The maximum Gasteiger partial charge on any atom is 0.338 e. The maximum atomic E-state index is 11.6. The molecule has 100 valence electrons. The molecule has 3 aromatic rings. The van der Waals surface area contributed by atoms with Crippen LogP contribution in [0.15, 0.2) is 48.7 Å². The number of imidazole rings is 1. The van der Waals surface area contributed by atoms with Gasteiger partial charge < -0.3 is 4.74 Å². The van der Waals surface area contributed by atoms with Crippen molar-refractivity contribution in [3.63, 3.8) is 0 Å². The first-order chi connectivity index (χ1) is 9.70. The highest BCUT2D eigenvalue weighted by Gasteiger charge is 2.14. The third kappa shape index (κ3) is 2.18. The molecule has 20 heavy (non-hydrogen) atoms. The van der Waals surface area contributed by atoms with Gasteiger partial charge in [-0.2, -0.15) is 0 Å². The molecule has 0 amide bonds. The van der Waals surface area contributed by atoms with Crippen LogP contribution in [-0.4, -0.2) is 22.5 Å². The van der Waals surface area contributed by atoms with Crippen LogP contribution >= 0.6 is 22.6 Å². The molecule has 0 saturated carbocycles. The second-order valence-corrected chi connectivity index (χ2v) is 5.27. The highest BCUT2D eigenvalue weighted by Crippen LogP contribution is 2.26. The van der Waals surface area contributed by atoms with Gasteiger partial charge in [-0.1, -0.05) is 30.3 Å². The zero-order chi connectivity index (χ0) is 14.1. The number of esters is 1. The van der Waals surface area contributed by atoms with Gasteiger partial charge in [0.15, 0.2) is 0 Å². The molecular formula is C15H11IN2O2. The number of hydrogen-bond donors (Lipinski definition) is 0. The maximum absolute atomic E-state index is 11.6. The molecule has 4 nitrogen and oxygen atoms in total. The second-order valence-electron chi connectivity index (χ2n) is 4.25. The average Bonchev–Trinajstić information content (AvgIpc) is 2.82. The summed E-state index contributed by atoms with van der Waals surface area (Å²) in [5.41, 5.74) is 3.35. The topological polar surface area (TPSA) is 43.6 Å². The summed E-state index contributed by atoms with van der Waals surface area (Å²) in [6.45, 7) is 0. The van der Waals surface area contributed by atoms with Gasteiger partial charge in [0.25, 0.3) is 0 Å². The molecular weight excluding hydrogens is 367 g/mol. The Morgan fingerprint density at radius 1 is 1.25 bits per heavy atom. The Morgan fingerprint density at radius 2 is 2.00 bits per heavy atom. The molecule has 1 aromatic carbocycles. The number of nitrogens with zero attached hydrogens (tertiary/aromatic N) is 2. The molecule has 0 fully saturated rings. The van der Waals surface area contributed by atoms with Gasteiger partial charge in [0.2, 0.25) is 0 Å². The quantitative estimate of drug-likeness (QED) is 0.507. The molecule has 0 radical (unpaired) electrons. The van der Waals surface area contributed by atoms with Crippen LogP contribution in [0.4, 0.5) is 0 Å². The second kappa shape index (κ2) is 5.24. The van der Waals surface area contributed by atoms with Crippen molar-refractivity contribution in [1.29, 1.82) is 0 Å². The Morgan fingerprint density at radius 3 is 2.70 bits per heavy atom. The highest BCUT2D eigenvalue weighted by atomic mass is 127. The van der Waals surface area contributed by atoms with E-state index in [9.17, 15) is 4.79 Å². The number of benzene rings is 1. The summed E-state index contributed by atoms with van der Waals surface area (Å²) in [4.78, 5) is 16.1. The first-order valence-electron chi connectivity index (χ1n) is 6.02. The van der Waals surface area contributed by atoms with Crippen LogP contribution in [0, 0.1) is 3.70 Å². The third-order valence-electron chi connectivity index (χ3n) is 3.05. The van der Waals surface area contributed by atoms with E-state index < -0.39 is 0 Å². The smallest absolute Gasteiger partial charge is 0.338 e. The van der Waals surface area contributed by atoms with E-state index in [-0.39, 0.29) is 5.97 Å². The fraction of sp³-hybridized carbons (Fsp3) is 0.0667. The van der Waals surface area contributed by atoms with Gasteiger partial charge in [-0.3, -0.25) is 4.40 Å². The van der Waals surface area contributed by atoms with E-state index in [0.29, 0.717) is 5.56 Å². The van der Waals surface area contributed by atoms with Crippen LogP contribution in [0.3, 0.4) is 0 Å². The summed E-state index contributed by atoms with van der Waals surface area (Å²) in [6, 6.07) is 13.5. The lowest BCUT2D eigenvalue weighted by Crippen LogP contribution is -2.02. The van der Waals surface area contributed by atoms with Crippen molar-refractivity contribution < 1.29 is 9.53 Å². The van der Waals surface area contributed by atoms with Crippen molar-refractivity contribution >= 4 is 34.2 Å². The number of hydrogen-bond acceptors (Lipinski definition) is 3. The first-order valence-corrected chi connectivity index (χ1v) is 7.10. The molecule has 0 aliphatic heterocycles. The highest BCUT2D eigenvalue weighted by molar-refractivity contribution is 14.1. The molecule has 0 bridgehead atoms. The average molecular weight is 378 g/mol. The lowest BCUT2D eigenvalue weighted by molar-refractivity contribution is 0.0600. The van der Waals surface area contributed by atoms with Crippen molar-refractivity contribution in [3.8, 4) is 11.3 Å². The summed E-state index contributed by atoms with van der Waals surface area (Å²) in [7, 11) is 1.37.